The number of alkyl halides is 1. The predicted molar refractivity (Wildman–Crippen MR) is 116 cm³/mol. The van der Waals surface area contributed by atoms with Crippen LogP contribution in [0.1, 0.15) is 71.1 Å². The molecule has 0 bridgehead atoms. The Morgan fingerprint density at radius 3 is 2.39 bits per heavy atom. The van der Waals surface area contributed by atoms with Gasteiger partial charge in [-0.2, -0.15) is 0 Å². The first-order valence-electron chi connectivity index (χ1n) is 10.7. The van der Waals surface area contributed by atoms with E-state index in [1.807, 2.05) is 0 Å². The number of aliphatic hydroxyl groups excluding tert-OH is 1. The van der Waals surface area contributed by atoms with E-state index in [2.05, 4.69) is 22.9 Å². The highest BCUT2D eigenvalue weighted by atomic mass is 79.9. The van der Waals surface area contributed by atoms with Crippen LogP contribution < -0.4 is 0 Å². The number of esters is 1. The predicted octanol–water partition coefficient (Wildman–Crippen LogP) is 5.22. The molecule has 2 atom stereocenters. The van der Waals surface area contributed by atoms with Crippen LogP contribution in [-0.4, -0.2) is 34.2 Å². The van der Waals surface area contributed by atoms with Crippen LogP contribution in [0.15, 0.2) is 10.5 Å². The summed E-state index contributed by atoms with van der Waals surface area (Å²) in [6.07, 6.45) is 8.85. The van der Waals surface area contributed by atoms with Crippen LogP contribution in [0.25, 0.3) is 0 Å². The number of hydrogen-bond donors (Lipinski definition) is 1. The number of methoxy groups -OCH3 is 1. The number of allylic oxidation sites excluding steroid dienone is 1. The summed E-state index contributed by atoms with van der Waals surface area (Å²) in [6.45, 7) is 2.27. The van der Waals surface area contributed by atoms with E-state index in [0.29, 0.717) is 23.0 Å². The zero-order valence-electron chi connectivity index (χ0n) is 17.0. The summed E-state index contributed by atoms with van der Waals surface area (Å²) in [6, 6.07) is 0. The molecule has 3 rings (SSSR count). The van der Waals surface area contributed by atoms with Gasteiger partial charge in [0.1, 0.15) is 5.78 Å². The molecule has 0 amide bonds. The summed E-state index contributed by atoms with van der Waals surface area (Å²) in [4.78, 5) is 26.3. The minimum atomic E-state index is -0.276. The largest absolute Gasteiger partial charge is 0.465 e. The van der Waals surface area contributed by atoms with Crippen molar-refractivity contribution >= 4 is 39.4 Å². The molecule has 2 saturated carbocycles. The number of rotatable bonds is 6. The molecule has 1 heterocycles. The Kier molecular flexibility index (Phi) is 8.08. The molecule has 2 unspecified atom stereocenters. The van der Waals surface area contributed by atoms with Gasteiger partial charge in [0.2, 0.25) is 0 Å². The van der Waals surface area contributed by atoms with Gasteiger partial charge in [-0.05, 0) is 68.3 Å². The summed E-state index contributed by atoms with van der Waals surface area (Å²) >= 11 is 5.18. The van der Waals surface area contributed by atoms with Crippen LogP contribution in [0.5, 0.6) is 0 Å². The number of carbonyl (C=O) groups excluding carboxylic acids is 2. The highest BCUT2D eigenvalue weighted by Gasteiger charge is 2.39. The first kappa shape index (κ1) is 22.4. The number of ether oxygens (including phenoxy) is 1. The van der Waals surface area contributed by atoms with E-state index in [-0.39, 0.29) is 28.1 Å². The fourth-order valence-electron chi connectivity index (χ4n) is 5.15. The average molecular weight is 473 g/mol. The van der Waals surface area contributed by atoms with E-state index in [1.54, 1.807) is 0 Å². The summed E-state index contributed by atoms with van der Waals surface area (Å²) < 4.78 is 5.20. The monoisotopic (exact) mass is 472 g/mol. The number of hydrogen-bond acceptors (Lipinski definition) is 5. The second-order valence-electron chi connectivity index (χ2n) is 8.88. The fourth-order valence-corrected chi connectivity index (χ4v) is 7.14. The van der Waals surface area contributed by atoms with Gasteiger partial charge in [0.15, 0.2) is 0 Å². The van der Waals surface area contributed by atoms with E-state index in [4.69, 9.17) is 4.74 Å². The van der Waals surface area contributed by atoms with Crippen LogP contribution >= 0.6 is 27.7 Å². The van der Waals surface area contributed by atoms with Gasteiger partial charge in [0.05, 0.1) is 22.3 Å². The average Bonchev–Trinajstić information content (AvgIpc) is 3.08. The van der Waals surface area contributed by atoms with Crippen LogP contribution in [0.2, 0.25) is 0 Å². The molecule has 0 saturated heterocycles. The van der Waals surface area contributed by atoms with Gasteiger partial charge in [-0.3, -0.25) is 4.79 Å². The van der Waals surface area contributed by atoms with E-state index in [1.165, 1.54) is 18.9 Å². The van der Waals surface area contributed by atoms with E-state index in [0.717, 1.165) is 69.3 Å². The Morgan fingerprint density at radius 2 is 1.79 bits per heavy atom. The van der Waals surface area contributed by atoms with Crippen LogP contribution in [0.3, 0.4) is 0 Å². The molecule has 1 N–H and O–H groups in total. The number of ketones is 1. The first-order valence-corrected chi connectivity index (χ1v) is 12.5. The molecule has 4 nitrogen and oxygen atoms in total. The topological polar surface area (TPSA) is 63.6 Å². The lowest BCUT2D eigenvalue weighted by Crippen LogP contribution is -2.30. The molecule has 0 aromatic rings. The Balaban J connectivity index is 1.80. The maximum Gasteiger partial charge on any atom is 0.344 e. The molecule has 6 heteroatoms. The number of Topliss-reactive ketones (excluding diaryl/α,β-unsaturated/α-hetero) is 1. The van der Waals surface area contributed by atoms with Gasteiger partial charge in [0, 0.05) is 12.3 Å². The second kappa shape index (κ2) is 10.1. The molecule has 0 spiro atoms. The van der Waals surface area contributed by atoms with E-state index in [9.17, 15) is 14.7 Å². The minimum absolute atomic E-state index is 0.100. The maximum atomic E-state index is 13.2. The van der Waals surface area contributed by atoms with Gasteiger partial charge in [-0.25, -0.2) is 4.79 Å². The van der Waals surface area contributed by atoms with Crippen molar-refractivity contribution in [2.24, 2.45) is 23.7 Å². The van der Waals surface area contributed by atoms with E-state index < -0.39 is 0 Å². The first-order chi connectivity index (χ1) is 13.4. The SMILES string of the molecule is COC(=O)C1=C(C(CC(=O)C2CCC(C)CC2)C2CCC(O)CC2)CC(Br)S1. The van der Waals surface area contributed by atoms with Crippen molar-refractivity contribution in [3.63, 3.8) is 0 Å². The molecule has 158 valence electrons. The van der Waals surface area contributed by atoms with Crippen LogP contribution in [0.4, 0.5) is 0 Å². The fraction of sp³-hybridized carbons (Fsp3) is 0.818. The lowest BCUT2D eigenvalue weighted by molar-refractivity contribution is -0.135. The summed E-state index contributed by atoms with van der Waals surface area (Å²) in [7, 11) is 1.43. The number of halogens is 1. The normalized spacial score (nSPS) is 34.9. The van der Waals surface area contributed by atoms with Crippen molar-refractivity contribution < 1.29 is 19.4 Å². The van der Waals surface area contributed by atoms with Gasteiger partial charge < -0.3 is 9.84 Å². The van der Waals surface area contributed by atoms with E-state index >= 15 is 0 Å². The van der Waals surface area contributed by atoms with Crippen LogP contribution in [0, 0.1) is 23.7 Å². The molecule has 2 fully saturated rings. The smallest absolute Gasteiger partial charge is 0.344 e. The van der Waals surface area contributed by atoms with Crippen LogP contribution in [-0.2, 0) is 14.3 Å². The molecule has 0 radical (unpaired) electrons. The zero-order valence-corrected chi connectivity index (χ0v) is 19.4. The minimum Gasteiger partial charge on any atom is -0.465 e. The Bertz CT molecular complexity index is 604. The lowest BCUT2D eigenvalue weighted by atomic mass is 9.71. The van der Waals surface area contributed by atoms with Gasteiger partial charge in [-0.15, -0.1) is 11.8 Å². The van der Waals surface area contributed by atoms with Crippen molar-refractivity contribution in [3.8, 4) is 0 Å². The molecular formula is C22H33BrO4S. The molecule has 3 aliphatic rings. The van der Waals surface area contributed by atoms with Crippen molar-refractivity contribution in [1.82, 2.24) is 0 Å². The Labute approximate surface area is 181 Å². The van der Waals surface area contributed by atoms with Gasteiger partial charge in [-0.1, -0.05) is 35.7 Å². The van der Waals surface area contributed by atoms with Crippen molar-refractivity contribution in [2.75, 3.05) is 7.11 Å². The third kappa shape index (κ3) is 5.42. The quantitative estimate of drug-likeness (QED) is 0.423. The summed E-state index contributed by atoms with van der Waals surface area (Å²) in [5.74, 6) is 1.48. The summed E-state index contributed by atoms with van der Waals surface area (Å²) in [5.41, 5.74) is 1.11. The Morgan fingerprint density at radius 1 is 1.14 bits per heavy atom. The van der Waals surface area contributed by atoms with Crippen molar-refractivity contribution in [3.05, 3.63) is 10.5 Å². The Hall–Kier alpha value is -0.330. The third-order valence-electron chi connectivity index (χ3n) is 6.94. The molecule has 0 aromatic heterocycles. The third-order valence-corrected chi connectivity index (χ3v) is 8.91. The maximum absolute atomic E-state index is 13.2. The van der Waals surface area contributed by atoms with Crippen molar-refractivity contribution in [1.29, 1.82) is 0 Å². The summed E-state index contributed by atoms with van der Waals surface area (Å²) in [5, 5.41) is 9.94. The zero-order chi connectivity index (χ0) is 20.3. The molecule has 0 aromatic carbocycles. The number of thioether (sulfide) groups is 1. The number of carbonyl (C=O) groups is 2. The van der Waals surface area contributed by atoms with Gasteiger partial charge in [0.25, 0.3) is 0 Å². The highest BCUT2D eigenvalue weighted by Crippen LogP contribution is 2.49. The van der Waals surface area contributed by atoms with Gasteiger partial charge >= 0.3 is 5.97 Å². The standard InChI is InChI=1S/C22H33BrO4S/c1-13-3-5-15(6-4-13)19(25)11-17(14-7-9-16(24)10-8-14)18-12-20(23)28-21(18)22(26)27-2/h13-17,20,24H,3-12H2,1-2H3. The lowest BCUT2D eigenvalue weighted by Gasteiger charge is -2.34. The number of aliphatic hydroxyl groups is 1. The highest BCUT2D eigenvalue weighted by molar-refractivity contribution is 9.11. The second-order valence-corrected chi connectivity index (χ2v) is 11.8. The molecule has 28 heavy (non-hydrogen) atoms. The molecule has 2 aliphatic carbocycles. The molecular weight excluding hydrogens is 440 g/mol. The molecule has 1 aliphatic heterocycles. The van der Waals surface area contributed by atoms with Crippen molar-refractivity contribution in [2.45, 2.75) is 81.4 Å².